The molecule has 3 atom stereocenters. The summed E-state index contributed by atoms with van der Waals surface area (Å²) in [6.45, 7) is 2.91. The maximum absolute atomic E-state index is 12.1. The largest absolute Gasteiger partial charge is 0.465 e. The van der Waals surface area contributed by atoms with Crippen molar-refractivity contribution in [2.24, 2.45) is 29.6 Å². The van der Waals surface area contributed by atoms with Crippen molar-refractivity contribution in [3.63, 3.8) is 0 Å². The van der Waals surface area contributed by atoms with Gasteiger partial charge in [-0.15, -0.1) is 0 Å². The van der Waals surface area contributed by atoms with E-state index in [9.17, 15) is 9.59 Å². The summed E-state index contributed by atoms with van der Waals surface area (Å²) in [5, 5.41) is 0. The minimum Gasteiger partial charge on any atom is -0.465 e. The van der Waals surface area contributed by atoms with Gasteiger partial charge in [-0.25, -0.2) is 0 Å². The van der Waals surface area contributed by atoms with Gasteiger partial charge >= 0.3 is 5.97 Å². The third-order valence-electron chi connectivity index (χ3n) is 7.18. The molecule has 3 rings (SSSR count). The molecule has 3 aliphatic rings. The lowest BCUT2D eigenvalue weighted by molar-refractivity contribution is -0.145. The Morgan fingerprint density at radius 3 is 2.31 bits per heavy atom. The predicted molar refractivity (Wildman–Crippen MR) is 104 cm³/mol. The van der Waals surface area contributed by atoms with Crippen LogP contribution in [0.4, 0.5) is 0 Å². The number of unbranched alkanes of at least 4 members (excludes halogenated alkanes) is 1. The van der Waals surface area contributed by atoms with Gasteiger partial charge in [0.2, 0.25) is 0 Å². The van der Waals surface area contributed by atoms with E-state index in [1.165, 1.54) is 51.4 Å². The van der Waals surface area contributed by atoms with E-state index in [1.54, 1.807) is 0 Å². The van der Waals surface area contributed by atoms with Crippen molar-refractivity contribution >= 4 is 11.8 Å². The normalized spacial score (nSPS) is 33.3. The Balaban J connectivity index is 1.16. The van der Waals surface area contributed by atoms with Crippen LogP contribution in [0.3, 0.4) is 0 Å². The number of rotatable bonds is 10. The molecule has 0 aromatic carbocycles. The number of hydrogen-bond acceptors (Lipinski definition) is 3. The van der Waals surface area contributed by atoms with Crippen LogP contribution in [0.5, 0.6) is 0 Å². The average molecular weight is 363 g/mol. The van der Waals surface area contributed by atoms with Gasteiger partial charge in [-0.1, -0.05) is 26.2 Å². The zero-order chi connectivity index (χ0) is 18.4. The van der Waals surface area contributed by atoms with Crippen molar-refractivity contribution in [2.45, 2.75) is 96.8 Å². The minimum absolute atomic E-state index is 0.0720. The fourth-order valence-corrected chi connectivity index (χ4v) is 5.07. The SMILES string of the molecule is CC1CCC(COC(=O)CCCCC(=O)CCC2CCC3CC3C2)CC1. The minimum atomic E-state index is -0.0720. The van der Waals surface area contributed by atoms with Crippen LogP contribution in [0, 0.1) is 29.6 Å². The Hall–Kier alpha value is -0.860. The van der Waals surface area contributed by atoms with Gasteiger partial charge in [-0.2, -0.15) is 0 Å². The van der Waals surface area contributed by atoms with Crippen molar-refractivity contribution in [1.82, 2.24) is 0 Å². The molecule has 0 aliphatic heterocycles. The third kappa shape index (κ3) is 6.70. The second-order valence-corrected chi connectivity index (χ2v) is 9.53. The predicted octanol–water partition coefficient (Wildman–Crippen LogP) is 5.70. The lowest BCUT2D eigenvalue weighted by Gasteiger charge is -2.25. The molecular weight excluding hydrogens is 324 g/mol. The van der Waals surface area contributed by atoms with Crippen molar-refractivity contribution in [1.29, 1.82) is 0 Å². The highest BCUT2D eigenvalue weighted by atomic mass is 16.5. The maximum atomic E-state index is 12.1. The first-order valence-electron chi connectivity index (χ1n) is 11.3. The molecule has 0 aromatic heterocycles. The Bertz CT molecular complexity index is 464. The molecule has 0 heterocycles. The van der Waals surface area contributed by atoms with Gasteiger partial charge < -0.3 is 4.74 Å². The average Bonchev–Trinajstić information content (AvgIpc) is 3.42. The molecule has 0 bridgehead atoms. The van der Waals surface area contributed by atoms with Gasteiger partial charge in [0.15, 0.2) is 0 Å². The number of carbonyl (C=O) groups excluding carboxylic acids is 2. The molecule has 0 saturated heterocycles. The monoisotopic (exact) mass is 362 g/mol. The summed E-state index contributed by atoms with van der Waals surface area (Å²) in [6.07, 6.45) is 15.1. The van der Waals surface area contributed by atoms with E-state index < -0.39 is 0 Å². The van der Waals surface area contributed by atoms with E-state index in [4.69, 9.17) is 4.74 Å². The van der Waals surface area contributed by atoms with Crippen LogP contribution < -0.4 is 0 Å². The van der Waals surface area contributed by atoms with E-state index in [0.29, 0.717) is 31.1 Å². The number of ether oxygens (including phenoxy) is 1. The zero-order valence-corrected chi connectivity index (χ0v) is 16.7. The summed E-state index contributed by atoms with van der Waals surface area (Å²) in [5.74, 6) is 4.59. The summed E-state index contributed by atoms with van der Waals surface area (Å²) in [7, 11) is 0. The second kappa shape index (κ2) is 9.90. The molecule has 3 unspecified atom stereocenters. The number of carbonyl (C=O) groups is 2. The van der Waals surface area contributed by atoms with Crippen LogP contribution in [-0.4, -0.2) is 18.4 Å². The lowest BCUT2D eigenvalue weighted by Crippen LogP contribution is -2.19. The van der Waals surface area contributed by atoms with Crippen LogP contribution in [0.15, 0.2) is 0 Å². The van der Waals surface area contributed by atoms with Crippen LogP contribution in [0.1, 0.15) is 96.8 Å². The summed E-state index contributed by atoms with van der Waals surface area (Å²) in [5.41, 5.74) is 0. The van der Waals surface area contributed by atoms with Crippen LogP contribution in [-0.2, 0) is 14.3 Å². The molecule has 0 radical (unpaired) electrons. The van der Waals surface area contributed by atoms with Gasteiger partial charge in [-0.3, -0.25) is 9.59 Å². The quantitative estimate of drug-likeness (QED) is 0.370. The van der Waals surface area contributed by atoms with Crippen molar-refractivity contribution < 1.29 is 14.3 Å². The lowest BCUT2D eigenvalue weighted by atomic mass is 9.83. The number of ketones is 1. The third-order valence-corrected chi connectivity index (χ3v) is 7.18. The van der Waals surface area contributed by atoms with Gasteiger partial charge in [0.25, 0.3) is 0 Å². The standard InChI is InChI=1S/C23H38O3/c1-17-6-8-19(9-7-17)16-26-23(25)5-3-2-4-22(24)13-11-18-10-12-20-15-21(20)14-18/h17-21H,2-16H2,1H3. The van der Waals surface area contributed by atoms with E-state index in [2.05, 4.69) is 6.92 Å². The fourth-order valence-electron chi connectivity index (χ4n) is 5.07. The first kappa shape index (κ1) is 19.9. The molecule has 0 amide bonds. The van der Waals surface area contributed by atoms with Gasteiger partial charge in [0, 0.05) is 19.3 Å². The van der Waals surface area contributed by atoms with Crippen LogP contribution in [0.25, 0.3) is 0 Å². The van der Waals surface area contributed by atoms with E-state index in [-0.39, 0.29) is 5.97 Å². The highest BCUT2D eigenvalue weighted by Crippen LogP contribution is 2.52. The first-order valence-corrected chi connectivity index (χ1v) is 11.3. The molecule has 148 valence electrons. The zero-order valence-electron chi connectivity index (χ0n) is 16.7. The maximum Gasteiger partial charge on any atom is 0.305 e. The molecule has 3 fully saturated rings. The smallest absolute Gasteiger partial charge is 0.305 e. The Morgan fingerprint density at radius 2 is 1.54 bits per heavy atom. The number of Topliss-reactive ketones (excluding diaryl/α,β-unsaturated/α-hetero) is 1. The van der Waals surface area contributed by atoms with E-state index in [1.807, 2.05) is 0 Å². The van der Waals surface area contributed by atoms with Crippen molar-refractivity contribution in [3.05, 3.63) is 0 Å². The summed E-state index contributed by atoms with van der Waals surface area (Å²) in [6, 6.07) is 0. The van der Waals surface area contributed by atoms with Crippen LogP contribution in [0.2, 0.25) is 0 Å². The molecule has 3 nitrogen and oxygen atoms in total. The van der Waals surface area contributed by atoms with Gasteiger partial charge in [0.1, 0.15) is 5.78 Å². The van der Waals surface area contributed by atoms with Gasteiger partial charge in [-0.05, 0) is 81.0 Å². The second-order valence-electron chi connectivity index (χ2n) is 9.53. The summed E-state index contributed by atoms with van der Waals surface area (Å²) in [4.78, 5) is 23.9. The molecule has 0 N–H and O–H groups in total. The molecule has 26 heavy (non-hydrogen) atoms. The number of hydrogen-bond donors (Lipinski definition) is 0. The molecular formula is C23H38O3. The molecule has 3 aliphatic carbocycles. The first-order chi connectivity index (χ1) is 12.6. The number of esters is 1. The van der Waals surface area contributed by atoms with Crippen LogP contribution >= 0.6 is 0 Å². The van der Waals surface area contributed by atoms with Crippen molar-refractivity contribution in [3.8, 4) is 0 Å². The molecule has 3 saturated carbocycles. The van der Waals surface area contributed by atoms with E-state index in [0.717, 1.165) is 49.4 Å². The summed E-state index contributed by atoms with van der Waals surface area (Å²) < 4.78 is 5.44. The molecule has 0 spiro atoms. The van der Waals surface area contributed by atoms with Crippen molar-refractivity contribution in [2.75, 3.05) is 6.61 Å². The summed E-state index contributed by atoms with van der Waals surface area (Å²) >= 11 is 0. The molecule has 0 aromatic rings. The Labute approximate surface area is 159 Å². The highest BCUT2D eigenvalue weighted by Gasteiger charge is 2.41. The Kier molecular flexibility index (Phi) is 7.57. The fraction of sp³-hybridized carbons (Fsp3) is 0.913. The van der Waals surface area contributed by atoms with Gasteiger partial charge in [0.05, 0.1) is 6.61 Å². The topological polar surface area (TPSA) is 43.4 Å². The Morgan fingerprint density at radius 1 is 0.808 bits per heavy atom. The highest BCUT2D eigenvalue weighted by molar-refractivity contribution is 5.78. The van der Waals surface area contributed by atoms with E-state index >= 15 is 0 Å². The molecule has 3 heteroatoms. The number of fused-ring (bicyclic) bond motifs is 1.